The molecule has 1 aliphatic heterocycles. The Morgan fingerprint density at radius 2 is 2.09 bits per heavy atom. The average Bonchev–Trinajstić information content (AvgIpc) is 3.10. The molecule has 1 aliphatic rings. The second kappa shape index (κ2) is 5.58. The van der Waals surface area contributed by atoms with Crippen LogP contribution in [-0.4, -0.2) is 34.5 Å². The molecule has 0 unspecified atom stereocenters. The first-order valence-corrected chi connectivity index (χ1v) is 8.35. The number of benzene rings is 1. The summed E-state index contributed by atoms with van der Waals surface area (Å²) in [5.74, 6) is -0.226. The highest BCUT2D eigenvalue weighted by Gasteiger charge is 2.25. The highest BCUT2D eigenvalue weighted by atomic mass is 32.1. The summed E-state index contributed by atoms with van der Waals surface area (Å²) in [4.78, 5) is 6.97. The summed E-state index contributed by atoms with van der Waals surface area (Å²) in [7, 11) is 1.92. The second-order valence-electron chi connectivity index (χ2n) is 5.72. The van der Waals surface area contributed by atoms with E-state index in [1.807, 2.05) is 18.7 Å². The van der Waals surface area contributed by atoms with Crippen LogP contribution in [0, 0.1) is 12.7 Å². The lowest BCUT2D eigenvalue weighted by Gasteiger charge is -2.32. The number of nitrogens with zero attached hydrogens (tertiary/aromatic N) is 4. The molecule has 1 fully saturated rings. The van der Waals surface area contributed by atoms with Crippen molar-refractivity contribution in [2.45, 2.75) is 13.0 Å². The van der Waals surface area contributed by atoms with Crippen molar-refractivity contribution < 1.29 is 9.13 Å². The number of anilines is 1. The largest absolute Gasteiger partial charge is 0.370 e. The van der Waals surface area contributed by atoms with Gasteiger partial charge >= 0.3 is 0 Å². The van der Waals surface area contributed by atoms with Crippen molar-refractivity contribution in [3.8, 4) is 0 Å². The van der Waals surface area contributed by atoms with Crippen molar-refractivity contribution in [3.63, 3.8) is 0 Å². The molecule has 3 aromatic rings. The Balaban J connectivity index is 1.60. The van der Waals surface area contributed by atoms with Gasteiger partial charge in [0.1, 0.15) is 11.9 Å². The van der Waals surface area contributed by atoms with Gasteiger partial charge in [-0.2, -0.15) is 5.10 Å². The van der Waals surface area contributed by atoms with E-state index in [1.54, 1.807) is 23.5 Å². The number of aryl methyl sites for hydroxylation is 2. The van der Waals surface area contributed by atoms with Gasteiger partial charge in [-0.25, -0.2) is 14.1 Å². The third-order valence-electron chi connectivity index (χ3n) is 4.11. The van der Waals surface area contributed by atoms with Crippen LogP contribution in [-0.2, 0) is 11.8 Å². The lowest BCUT2D eigenvalue weighted by molar-refractivity contribution is 0.0397. The van der Waals surface area contributed by atoms with Crippen molar-refractivity contribution in [1.29, 1.82) is 0 Å². The molecule has 120 valence electrons. The maximum Gasteiger partial charge on any atom is 0.188 e. The number of hydrogen-bond acceptors (Lipinski definition) is 5. The molecule has 5 nitrogen and oxygen atoms in total. The van der Waals surface area contributed by atoms with Crippen LogP contribution in [0.4, 0.5) is 9.52 Å². The Hall–Kier alpha value is -1.99. The fourth-order valence-electron chi connectivity index (χ4n) is 2.91. The number of aromatic nitrogens is 3. The number of rotatable bonds is 2. The van der Waals surface area contributed by atoms with Crippen LogP contribution in [0.25, 0.3) is 10.3 Å². The Morgan fingerprint density at radius 1 is 1.30 bits per heavy atom. The predicted molar refractivity (Wildman–Crippen MR) is 88.4 cm³/mol. The summed E-state index contributed by atoms with van der Waals surface area (Å²) in [5, 5.41) is 5.39. The van der Waals surface area contributed by atoms with Gasteiger partial charge in [-0.05, 0) is 24.6 Å². The van der Waals surface area contributed by atoms with Crippen molar-refractivity contribution in [2.75, 3.05) is 24.6 Å². The van der Waals surface area contributed by atoms with Gasteiger partial charge in [0.2, 0.25) is 0 Å². The first-order chi connectivity index (χ1) is 11.1. The molecule has 7 heteroatoms. The van der Waals surface area contributed by atoms with Gasteiger partial charge in [0.05, 0.1) is 23.5 Å². The van der Waals surface area contributed by atoms with E-state index < -0.39 is 0 Å². The lowest BCUT2D eigenvalue weighted by atomic mass is 10.1. The summed E-state index contributed by atoms with van der Waals surface area (Å²) < 4.78 is 21.9. The van der Waals surface area contributed by atoms with Gasteiger partial charge in [-0.1, -0.05) is 23.5 Å². The van der Waals surface area contributed by atoms with Gasteiger partial charge in [-0.3, -0.25) is 0 Å². The van der Waals surface area contributed by atoms with Crippen molar-refractivity contribution >= 4 is 26.8 Å². The summed E-state index contributed by atoms with van der Waals surface area (Å²) in [5.41, 5.74) is 2.93. The zero-order valence-electron chi connectivity index (χ0n) is 13.0. The molecule has 23 heavy (non-hydrogen) atoms. The number of halogens is 1. The van der Waals surface area contributed by atoms with Gasteiger partial charge in [0.25, 0.3) is 0 Å². The first kappa shape index (κ1) is 14.6. The minimum atomic E-state index is -0.226. The van der Waals surface area contributed by atoms with E-state index >= 15 is 0 Å². The van der Waals surface area contributed by atoms with E-state index in [2.05, 4.69) is 10.00 Å². The number of thiazole rings is 1. The molecule has 4 rings (SSSR count). The SMILES string of the molecule is Cc1nn(C)c2nc(N3CCO[C@H](c4ccc(F)cc4)C3)sc12. The van der Waals surface area contributed by atoms with Crippen LogP contribution >= 0.6 is 11.3 Å². The number of morpholine rings is 1. The van der Waals surface area contributed by atoms with Crippen LogP contribution in [0.1, 0.15) is 17.4 Å². The number of ether oxygens (including phenoxy) is 1. The molecule has 1 atom stereocenters. The first-order valence-electron chi connectivity index (χ1n) is 7.54. The third kappa shape index (κ3) is 2.60. The molecule has 0 N–H and O–H groups in total. The quantitative estimate of drug-likeness (QED) is 0.723. The van der Waals surface area contributed by atoms with Crippen molar-refractivity contribution in [2.24, 2.45) is 7.05 Å². The Labute approximate surface area is 137 Å². The summed E-state index contributed by atoms with van der Waals surface area (Å²) in [6.45, 7) is 4.17. The molecule has 0 amide bonds. The summed E-state index contributed by atoms with van der Waals surface area (Å²) >= 11 is 1.67. The van der Waals surface area contributed by atoms with E-state index in [-0.39, 0.29) is 11.9 Å². The Morgan fingerprint density at radius 3 is 2.83 bits per heavy atom. The fourth-order valence-corrected chi connectivity index (χ4v) is 3.98. The number of hydrogen-bond donors (Lipinski definition) is 0. The van der Waals surface area contributed by atoms with Crippen LogP contribution in [0.3, 0.4) is 0 Å². The van der Waals surface area contributed by atoms with Gasteiger partial charge < -0.3 is 9.64 Å². The molecule has 2 aromatic heterocycles. The van der Waals surface area contributed by atoms with E-state index in [0.29, 0.717) is 6.61 Å². The molecule has 0 radical (unpaired) electrons. The minimum Gasteiger partial charge on any atom is -0.370 e. The van der Waals surface area contributed by atoms with Crippen LogP contribution < -0.4 is 4.90 Å². The third-order valence-corrected chi connectivity index (χ3v) is 5.33. The van der Waals surface area contributed by atoms with E-state index in [4.69, 9.17) is 9.72 Å². The number of fused-ring (bicyclic) bond motifs is 1. The topological polar surface area (TPSA) is 43.2 Å². The molecule has 1 aromatic carbocycles. The fraction of sp³-hybridized carbons (Fsp3) is 0.375. The molecular weight excluding hydrogens is 315 g/mol. The van der Waals surface area contributed by atoms with Crippen molar-refractivity contribution in [1.82, 2.24) is 14.8 Å². The monoisotopic (exact) mass is 332 g/mol. The molecule has 0 spiro atoms. The highest BCUT2D eigenvalue weighted by Crippen LogP contribution is 2.33. The molecule has 0 bridgehead atoms. The predicted octanol–water partition coefficient (Wildman–Crippen LogP) is 3.06. The van der Waals surface area contributed by atoms with Gasteiger partial charge in [0.15, 0.2) is 10.8 Å². The van der Waals surface area contributed by atoms with Crippen LogP contribution in [0.2, 0.25) is 0 Å². The zero-order valence-corrected chi connectivity index (χ0v) is 13.8. The normalized spacial score (nSPS) is 18.7. The standard InChI is InChI=1S/C16H17FN4OS/c1-10-14-15(20(2)19-10)18-16(23-14)21-7-8-22-13(9-21)11-3-5-12(17)6-4-11/h3-6,13H,7-9H2,1-2H3/t13-/m0/s1. The lowest BCUT2D eigenvalue weighted by Crippen LogP contribution is -2.38. The molecule has 0 aliphatic carbocycles. The molecule has 0 saturated carbocycles. The molecule has 1 saturated heterocycles. The van der Waals surface area contributed by atoms with Gasteiger partial charge in [0, 0.05) is 13.6 Å². The van der Waals surface area contributed by atoms with Crippen LogP contribution in [0.5, 0.6) is 0 Å². The van der Waals surface area contributed by atoms with Gasteiger partial charge in [-0.15, -0.1) is 0 Å². The Kier molecular flexibility index (Phi) is 3.54. The van der Waals surface area contributed by atoms with Crippen molar-refractivity contribution in [3.05, 3.63) is 41.3 Å². The van der Waals surface area contributed by atoms with E-state index in [0.717, 1.165) is 39.8 Å². The highest BCUT2D eigenvalue weighted by molar-refractivity contribution is 7.22. The average molecular weight is 332 g/mol. The van der Waals surface area contributed by atoms with E-state index in [1.165, 1.54) is 12.1 Å². The zero-order chi connectivity index (χ0) is 16.0. The smallest absolute Gasteiger partial charge is 0.188 e. The van der Waals surface area contributed by atoms with Crippen LogP contribution in [0.15, 0.2) is 24.3 Å². The van der Waals surface area contributed by atoms with E-state index in [9.17, 15) is 4.39 Å². The second-order valence-corrected chi connectivity index (χ2v) is 6.69. The summed E-state index contributed by atoms with van der Waals surface area (Å²) in [6.07, 6.45) is -0.0596. The summed E-state index contributed by atoms with van der Waals surface area (Å²) in [6, 6.07) is 6.53. The molecule has 3 heterocycles. The maximum absolute atomic E-state index is 13.1. The molecular formula is C16H17FN4OS. The maximum atomic E-state index is 13.1. The minimum absolute atomic E-state index is 0.0596. The Bertz CT molecular complexity index is 807.